The maximum atomic E-state index is 11.8. The van der Waals surface area contributed by atoms with Gasteiger partial charge in [-0.25, -0.2) is 4.79 Å². The molecule has 29 heavy (non-hydrogen) atoms. The molecule has 0 unspecified atom stereocenters. The summed E-state index contributed by atoms with van der Waals surface area (Å²) in [5.41, 5.74) is 0.352. The standard InChI is InChI=1S/C25H40O4/c1-2-3-4-5-6-7-8-9-10-11-12-13-17-20-28-21-22-29-25(27)24(26)23-18-15-14-16-19-23/h14-16,18-19H,2-13,17,20-22H2,1H3. The van der Waals surface area contributed by atoms with Crippen molar-refractivity contribution in [3.05, 3.63) is 35.9 Å². The summed E-state index contributed by atoms with van der Waals surface area (Å²) in [6.07, 6.45) is 17.3. The van der Waals surface area contributed by atoms with Crippen LogP contribution in [0.3, 0.4) is 0 Å². The highest BCUT2D eigenvalue weighted by atomic mass is 16.6. The van der Waals surface area contributed by atoms with E-state index in [1.807, 2.05) is 0 Å². The van der Waals surface area contributed by atoms with Crippen molar-refractivity contribution >= 4 is 11.8 Å². The van der Waals surface area contributed by atoms with Crippen molar-refractivity contribution in [2.24, 2.45) is 0 Å². The molecule has 4 nitrogen and oxygen atoms in total. The van der Waals surface area contributed by atoms with Gasteiger partial charge in [-0.1, -0.05) is 114 Å². The van der Waals surface area contributed by atoms with Crippen LogP contribution in [0.2, 0.25) is 0 Å². The van der Waals surface area contributed by atoms with Gasteiger partial charge in [-0.05, 0) is 6.42 Å². The van der Waals surface area contributed by atoms with Crippen molar-refractivity contribution in [2.75, 3.05) is 19.8 Å². The van der Waals surface area contributed by atoms with Gasteiger partial charge in [0, 0.05) is 12.2 Å². The molecule has 1 aromatic carbocycles. The second-order valence-corrected chi connectivity index (χ2v) is 7.69. The van der Waals surface area contributed by atoms with Crippen LogP contribution in [-0.2, 0) is 14.3 Å². The molecule has 1 aromatic rings. The summed E-state index contributed by atoms with van der Waals surface area (Å²) in [5, 5.41) is 0. The topological polar surface area (TPSA) is 52.6 Å². The molecule has 0 aliphatic carbocycles. The first-order valence-corrected chi connectivity index (χ1v) is 11.6. The van der Waals surface area contributed by atoms with E-state index in [4.69, 9.17) is 9.47 Å². The molecule has 0 radical (unpaired) electrons. The van der Waals surface area contributed by atoms with Crippen LogP contribution in [-0.4, -0.2) is 31.6 Å². The summed E-state index contributed by atoms with van der Waals surface area (Å²) < 4.78 is 10.4. The van der Waals surface area contributed by atoms with E-state index in [1.165, 1.54) is 77.0 Å². The smallest absolute Gasteiger partial charge is 0.379 e. The normalized spacial score (nSPS) is 10.8. The molecule has 0 heterocycles. The van der Waals surface area contributed by atoms with E-state index >= 15 is 0 Å². The van der Waals surface area contributed by atoms with Crippen molar-refractivity contribution in [3.63, 3.8) is 0 Å². The second-order valence-electron chi connectivity index (χ2n) is 7.69. The minimum absolute atomic E-state index is 0.121. The van der Waals surface area contributed by atoms with Crippen LogP contribution in [0.1, 0.15) is 101 Å². The van der Waals surface area contributed by atoms with E-state index in [0.717, 1.165) is 6.42 Å². The van der Waals surface area contributed by atoms with Gasteiger partial charge in [0.05, 0.1) is 6.61 Å². The molecule has 0 saturated carbocycles. The number of benzene rings is 1. The van der Waals surface area contributed by atoms with Gasteiger partial charge in [0.2, 0.25) is 0 Å². The Kier molecular flexibility index (Phi) is 16.0. The number of unbranched alkanes of at least 4 members (excludes halogenated alkanes) is 12. The molecule has 0 amide bonds. The Balaban J connectivity index is 1.81. The van der Waals surface area contributed by atoms with Crippen LogP contribution >= 0.6 is 0 Å². The quantitative estimate of drug-likeness (QED) is 0.114. The van der Waals surface area contributed by atoms with Crippen LogP contribution in [0.25, 0.3) is 0 Å². The highest BCUT2D eigenvalue weighted by Gasteiger charge is 2.16. The van der Waals surface area contributed by atoms with Crippen LogP contribution < -0.4 is 0 Å². The molecule has 164 valence electrons. The van der Waals surface area contributed by atoms with E-state index < -0.39 is 11.8 Å². The molecule has 0 aliphatic rings. The Morgan fingerprint density at radius 3 is 1.72 bits per heavy atom. The Morgan fingerprint density at radius 2 is 1.17 bits per heavy atom. The SMILES string of the molecule is CCCCCCCCCCCCCCCOCCOC(=O)C(=O)c1ccccc1. The van der Waals surface area contributed by atoms with Gasteiger partial charge in [-0.15, -0.1) is 0 Å². The fraction of sp³-hybridized carbons (Fsp3) is 0.680. The van der Waals surface area contributed by atoms with Gasteiger partial charge >= 0.3 is 5.97 Å². The lowest BCUT2D eigenvalue weighted by atomic mass is 10.0. The number of Topliss-reactive ketones (excluding diaryl/α,β-unsaturated/α-hetero) is 1. The lowest BCUT2D eigenvalue weighted by Crippen LogP contribution is -2.20. The van der Waals surface area contributed by atoms with Crippen molar-refractivity contribution in [1.82, 2.24) is 0 Å². The largest absolute Gasteiger partial charge is 0.457 e. The number of ether oxygens (including phenoxy) is 2. The van der Waals surface area contributed by atoms with E-state index in [1.54, 1.807) is 30.3 Å². The molecule has 0 bridgehead atoms. The van der Waals surface area contributed by atoms with Crippen molar-refractivity contribution < 1.29 is 19.1 Å². The molecular formula is C25H40O4. The number of carbonyl (C=O) groups is 2. The average Bonchev–Trinajstić information content (AvgIpc) is 2.75. The maximum absolute atomic E-state index is 11.8. The molecule has 1 rings (SSSR count). The zero-order valence-electron chi connectivity index (χ0n) is 18.3. The minimum atomic E-state index is -0.819. The first-order chi connectivity index (χ1) is 14.3. The van der Waals surface area contributed by atoms with Gasteiger partial charge in [0.15, 0.2) is 0 Å². The highest BCUT2D eigenvalue weighted by molar-refractivity contribution is 6.40. The number of esters is 1. The number of rotatable bonds is 19. The first-order valence-electron chi connectivity index (χ1n) is 11.6. The van der Waals surface area contributed by atoms with Crippen molar-refractivity contribution in [1.29, 1.82) is 0 Å². The van der Waals surface area contributed by atoms with Gasteiger partial charge in [-0.2, -0.15) is 0 Å². The zero-order chi connectivity index (χ0) is 21.0. The second kappa shape index (κ2) is 18.4. The molecule has 0 N–H and O–H groups in total. The van der Waals surface area contributed by atoms with Crippen LogP contribution in [0.15, 0.2) is 30.3 Å². The monoisotopic (exact) mass is 404 g/mol. The molecule has 0 fully saturated rings. The Morgan fingerprint density at radius 1 is 0.655 bits per heavy atom. The summed E-state index contributed by atoms with van der Waals surface area (Å²) in [6.45, 7) is 3.41. The zero-order valence-corrected chi connectivity index (χ0v) is 18.3. The summed E-state index contributed by atoms with van der Waals surface area (Å²) >= 11 is 0. The predicted molar refractivity (Wildman–Crippen MR) is 118 cm³/mol. The number of hydrogen-bond donors (Lipinski definition) is 0. The number of hydrogen-bond acceptors (Lipinski definition) is 4. The Hall–Kier alpha value is -1.68. The maximum Gasteiger partial charge on any atom is 0.379 e. The number of carbonyl (C=O) groups excluding carboxylic acids is 2. The lowest BCUT2D eigenvalue weighted by molar-refractivity contribution is -0.139. The molecule has 0 saturated heterocycles. The molecular weight excluding hydrogens is 364 g/mol. The summed E-state index contributed by atoms with van der Waals surface area (Å²) in [6, 6.07) is 8.45. The fourth-order valence-corrected chi connectivity index (χ4v) is 3.29. The Bertz CT molecular complexity index is 527. The molecule has 0 aliphatic heterocycles. The summed E-state index contributed by atoms with van der Waals surface area (Å²) in [4.78, 5) is 23.5. The summed E-state index contributed by atoms with van der Waals surface area (Å²) in [7, 11) is 0. The minimum Gasteiger partial charge on any atom is -0.457 e. The predicted octanol–water partition coefficient (Wildman–Crippen LogP) is 6.52. The van der Waals surface area contributed by atoms with Crippen molar-refractivity contribution in [2.45, 2.75) is 90.4 Å². The third-order valence-electron chi connectivity index (χ3n) is 5.07. The van der Waals surface area contributed by atoms with Gasteiger partial charge < -0.3 is 9.47 Å². The number of ketones is 1. The molecule has 0 aromatic heterocycles. The highest BCUT2D eigenvalue weighted by Crippen LogP contribution is 2.12. The van der Waals surface area contributed by atoms with Gasteiger partial charge in [0.1, 0.15) is 6.61 Å². The third-order valence-corrected chi connectivity index (χ3v) is 5.07. The van der Waals surface area contributed by atoms with E-state index in [2.05, 4.69) is 6.92 Å². The van der Waals surface area contributed by atoms with Crippen LogP contribution in [0, 0.1) is 0 Å². The molecule has 4 heteroatoms. The van der Waals surface area contributed by atoms with Gasteiger partial charge in [0.25, 0.3) is 5.78 Å². The third kappa shape index (κ3) is 14.0. The average molecular weight is 405 g/mol. The van der Waals surface area contributed by atoms with E-state index in [9.17, 15) is 9.59 Å². The lowest BCUT2D eigenvalue weighted by Gasteiger charge is -2.06. The van der Waals surface area contributed by atoms with E-state index in [0.29, 0.717) is 18.8 Å². The fourth-order valence-electron chi connectivity index (χ4n) is 3.29. The van der Waals surface area contributed by atoms with E-state index in [-0.39, 0.29) is 6.61 Å². The van der Waals surface area contributed by atoms with Crippen LogP contribution in [0.4, 0.5) is 0 Å². The molecule has 0 atom stereocenters. The Labute approximate surface area is 177 Å². The van der Waals surface area contributed by atoms with Crippen LogP contribution in [0.5, 0.6) is 0 Å². The summed E-state index contributed by atoms with van der Waals surface area (Å²) in [5.74, 6) is -1.43. The van der Waals surface area contributed by atoms with Crippen molar-refractivity contribution in [3.8, 4) is 0 Å². The van der Waals surface area contributed by atoms with Gasteiger partial charge in [-0.3, -0.25) is 4.79 Å². The molecule has 0 spiro atoms. The first kappa shape index (κ1) is 25.4.